The van der Waals surface area contributed by atoms with E-state index in [4.69, 9.17) is 10.00 Å². The molecule has 1 heterocycles. The smallest absolute Gasteiger partial charge is 0.230 e. The molecule has 1 aromatic heterocycles. The first-order valence-electron chi connectivity index (χ1n) is 9.92. The van der Waals surface area contributed by atoms with Gasteiger partial charge < -0.3 is 14.6 Å². The first kappa shape index (κ1) is 21.1. The lowest BCUT2D eigenvalue weighted by molar-refractivity contribution is -0.115. The van der Waals surface area contributed by atoms with Gasteiger partial charge in [0, 0.05) is 23.8 Å². The molecule has 4 rings (SSSR count). The average Bonchev–Trinajstić information content (AvgIpc) is 3.15. The number of benzene rings is 3. The van der Waals surface area contributed by atoms with Crippen LogP contribution in [-0.4, -0.2) is 10.5 Å². The van der Waals surface area contributed by atoms with E-state index in [9.17, 15) is 4.79 Å². The zero-order chi connectivity index (χ0) is 22.3. The number of nitriles is 1. The van der Waals surface area contributed by atoms with E-state index >= 15 is 0 Å². The number of para-hydroxylation sites is 1. The summed E-state index contributed by atoms with van der Waals surface area (Å²) in [5.41, 5.74) is 2.88. The minimum Gasteiger partial charge on any atom is -0.457 e. The third-order valence-corrected chi connectivity index (χ3v) is 5.66. The Labute approximate surface area is 189 Å². The van der Waals surface area contributed by atoms with Gasteiger partial charge in [-0.3, -0.25) is 4.79 Å². The van der Waals surface area contributed by atoms with E-state index in [0.29, 0.717) is 11.3 Å². The van der Waals surface area contributed by atoms with E-state index in [0.717, 1.165) is 27.7 Å². The Hall–Kier alpha value is -4.15. The van der Waals surface area contributed by atoms with E-state index < -0.39 is 0 Å². The third kappa shape index (κ3) is 5.31. The summed E-state index contributed by atoms with van der Waals surface area (Å²) in [5, 5.41) is 13.7. The number of nitrogens with one attached hydrogen (secondary N) is 1. The van der Waals surface area contributed by atoms with Gasteiger partial charge in [0.2, 0.25) is 5.91 Å². The van der Waals surface area contributed by atoms with E-state index in [1.54, 1.807) is 24.3 Å². The molecule has 0 unspecified atom stereocenters. The molecule has 1 amide bonds. The van der Waals surface area contributed by atoms with Crippen LogP contribution in [0.2, 0.25) is 0 Å². The number of hydrogen-bond acceptors (Lipinski definition) is 5. The van der Waals surface area contributed by atoms with Crippen LogP contribution in [0, 0.1) is 11.3 Å². The predicted octanol–water partition coefficient (Wildman–Crippen LogP) is 5.16. The number of ether oxygens (including phenoxy) is 1. The maximum atomic E-state index is 12.4. The number of carbonyl (C=O) groups is 1. The Morgan fingerprint density at radius 2 is 1.72 bits per heavy atom. The lowest BCUT2D eigenvalue weighted by atomic mass is 10.2. The number of carbonyl (C=O) groups excluding carboxylic acids is 1. The summed E-state index contributed by atoms with van der Waals surface area (Å²) < 4.78 is 7.73. The Morgan fingerprint density at radius 3 is 2.41 bits per heavy atom. The van der Waals surface area contributed by atoms with Crippen LogP contribution in [0.5, 0.6) is 11.5 Å². The number of nitrogens with zero attached hydrogens (tertiary/aromatic N) is 3. The fourth-order valence-corrected chi connectivity index (χ4v) is 3.90. The Kier molecular flexibility index (Phi) is 6.44. The second-order valence-electron chi connectivity index (χ2n) is 7.00. The molecular formula is C25H20N4O2S. The number of hydrogen-bond donors (Lipinski definition) is 1. The molecule has 0 atom stereocenters. The van der Waals surface area contributed by atoms with Crippen molar-refractivity contribution in [1.82, 2.24) is 4.57 Å². The van der Waals surface area contributed by atoms with Gasteiger partial charge in [-0.25, -0.2) is 4.99 Å². The molecule has 0 aliphatic rings. The molecule has 158 valence electrons. The fraction of sp³-hybridized carbons (Fsp3) is 0.0800. The Bertz CT molecular complexity index is 1320. The molecule has 0 saturated carbocycles. The van der Waals surface area contributed by atoms with Gasteiger partial charge in [0.25, 0.3) is 0 Å². The largest absolute Gasteiger partial charge is 0.457 e. The molecule has 0 aliphatic heterocycles. The SMILES string of the molecule is Cn1c(CC(=O)Nc2ccc(C#N)cc2)csc1=Nc1ccc(Oc2ccccc2)cc1. The topological polar surface area (TPSA) is 79.4 Å². The Balaban J connectivity index is 1.42. The molecule has 0 aliphatic carbocycles. The normalized spacial score (nSPS) is 11.1. The van der Waals surface area contributed by atoms with Crippen molar-refractivity contribution in [3.63, 3.8) is 0 Å². The van der Waals surface area contributed by atoms with Crippen LogP contribution in [0.1, 0.15) is 11.3 Å². The molecule has 3 aromatic carbocycles. The minimum atomic E-state index is -0.128. The maximum Gasteiger partial charge on any atom is 0.230 e. The van der Waals surface area contributed by atoms with Crippen LogP contribution in [0.25, 0.3) is 0 Å². The number of rotatable bonds is 6. The van der Waals surface area contributed by atoms with Gasteiger partial charge in [0.05, 0.1) is 23.7 Å². The predicted molar refractivity (Wildman–Crippen MR) is 125 cm³/mol. The van der Waals surface area contributed by atoms with Crippen LogP contribution in [0.15, 0.2) is 89.2 Å². The summed E-state index contributed by atoms with van der Waals surface area (Å²) in [6.07, 6.45) is 0.229. The molecule has 7 heteroatoms. The van der Waals surface area contributed by atoms with E-state index in [-0.39, 0.29) is 12.3 Å². The minimum absolute atomic E-state index is 0.128. The molecular weight excluding hydrogens is 420 g/mol. The molecule has 0 radical (unpaired) electrons. The summed E-state index contributed by atoms with van der Waals surface area (Å²) >= 11 is 1.48. The first-order valence-corrected chi connectivity index (χ1v) is 10.8. The second-order valence-corrected chi connectivity index (χ2v) is 7.84. The van der Waals surface area contributed by atoms with Crippen LogP contribution < -0.4 is 14.9 Å². The molecule has 0 spiro atoms. The third-order valence-electron chi connectivity index (χ3n) is 4.70. The highest BCUT2D eigenvalue weighted by atomic mass is 32.1. The lowest BCUT2D eigenvalue weighted by Gasteiger charge is -2.06. The van der Waals surface area contributed by atoms with Gasteiger partial charge in [-0.15, -0.1) is 11.3 Å². The number of aromatic nitrogens is 1. The van der Waals surface area contributed by atoms with Crippen molar-refractivity contribution in [1.29, 1.82) is 5.26 Å². The molecule has 0 fully saturated rings. The summed E-state index contributed by atoms with van der Waals surface area (Å²) in [6, 6.07) is 26.0. The van der Waals surface area contributed by atoms with Crippen LogP contribution >= 0.6 is 11.3 Å². The molecule has 0 bridgehead atoms. The standard InChI is InChI=1S/C25H20N4O2S/c1-29-21(15-24(30)27-19-9-7-18(16-26)8-10-19)17-32-25(29)28-20-11-13-23(14-12-20)31-22-5-3-2-4-6-22/h2-14,17H,15H2,1H3,(H,27,30). The highest BCUT2D eigenvalue weighted by molar-refractivity contribution is 7.07. The van der Waals surface area contributed by atoms with Crippen molar-refractivity contribution < 1.29 is 9.53 Å². The zero-order valence-electron chi connectivity index (χ0n) is 17.4. The van der Waals surface area contributed by atoms with E-state index in [2.05, 4.69) is 16.4 Å². The van der Waals surface area contributed by atoms with Gasteiger partial charge >= 0.3 is 0 Å². The van der Waals surface area contributed by atoms with Crippen molar-refractivity contribution in [2.24, 2.45) is 12.0 Å². The monoisotopic (exact) mass is 440 g/mol. The molecule has 0 saturated heterocycles. The maximum absolute atomic E-state index is 12.4. The van der Waals surface area contributed by atoms with Crippen LogP contribution in [-0.2, 0) is 18.3 Å². The van der Waals surface area contributed by atoms with E-state index in [1.165, 1.54) is 11.3 Å². The molecule has 32 heavy (non-hydrogen) atoms. The molecule has 1 N–H and O–H groups in total. The summed E-state index contributed by atoms with van der Waals surface area (Å²) in [7, 11) is 1.90. The van der Waals surface area contributed by atoms with Crippen molar-refractivity contribution in [2.75, 3.05) is 5.32 Å². The van der Waals surface area contributed by atoms with Crippen LogP contribution in [0.4, 0.5) is 11.4 Å². The van der Waals surface area contributed by atoms with Gasteiger partial charge in [0.15, 0.2) is 4.80 Å². The quantitative estimate of drug-likeness (QED) is 0.449. The number of thiazole rings is 1. The van der Waals surface area contributed by atoms with Crippen molar-refractivity contribution in [3.8, 4) is 17.6 Å². The van der Waals surface area contributed by atoms with Crippen molar-refractivity contribution in [3.05, 3.63) is 100 Å². The molecule has 6 nitrogen and oxygen atoms in total. The number of amides is 1. The zero-order valence-corrected chi connectivity index (χ0v) is 18.2. The van der Waals surface area contributed by atoms with Crippen molar-refractivity contribution in [2.45, 2.75) is 6.42 Å². The van der Waals surface area contributed by atoms with Gasteiger partial charge in [-0.05, 0) is 60.7 Å². The lowest BCUT2D eigenvalue weighted by Crippen LogP contribution is -2.19. The van der Waals surface area contributed by atoms with Crippen molar-refractivity contribution >= 4 is 28.6 Å². The second kappa shape index (κ2) is 9.77. The fourth-order valence-electron chi connectivity index (χ4n) is 2.98. The Morgan fingerprint density at radius 1 is 1.03 bits per heavy atom. The summed E-state index contributed by atoms with van der Waals surface area (Å²) in [5.74, 6) is 1.40. The average molecular weight is 441 g/mol. The summed E-state index contributed by atoms with van der Waals surface area (Å²) in [4.78, 5) is 17.9. The molecule has 4 aromatic rings. The number of anilines is 1. The van der Waals surface area contributed by atoms with E-state index in [1.807, 2.05) is 71.6 Å². The highest BCUT2D eigenvalue weighted by Gasteiger charge is 2.09. The van der Waals surface area contributed by atoms with Crippen LogP contribution in [0.3, 0.4) is 0 Å². The van der Waals surface area contributed by atoms with Gasteiger partial charge in [-0.1, -0.05) is 18.2 Å². The van der Waals surface area contributed by atoms with Gasteiger partial charge in [-0.2, -0.15) is 5.26 Å². The first-order chi connectivity index (χ1) is 15.6. The summed E-state index contributed by atoms with van der Waals surface area (Å²) in [6.45, 7) is 0. The van der Waals surface area contributed by atoms with Gasteiger partial charge in [0.1, 0.15) is 11.5 Å². The highest BCUT2D eigenvalue weighted by Crippen LogP contribution is 2.23.